The maximum atomic E-state index is 11.2. The first kappa shape index (κ1) is 10.2. The zero-order valence-corrected chi connectivity index (χ0v) is 9.50. The first-order valence-corrected chi connectivity index (χ1v) is 5.29. The van der Waals surface area contributed by atoms with Gasteiger partial charge in [0, 0.05) is 25.2 Å². The van der Waals surface area contributed by atoms with Gasteiger partial charge in [-0.3, -0.25) is 9.48 Å². The minimum atomic E-state index is -0.0785. The van der Waals surface area contributed by atoms with Gasteiger partial charge in [0.2, 0.25) is 5.91 Å². The molecule has 1 amide bonds. The highest BCUT2D eigenvalue weighted by molar-refractivity contribution is 5.79. The number of rotatable bonds is 2. The molecule has 0 saturated carbocycles. The molecule has 1 aromatic heterocycles. The van der Waals surface area contributed by atoms with Gasteiger partial charge in [-0.2, -0.15) is 5.10 Å². The Kier molecular flexibility index (Phi) is 2.29. The number of hydrogen-bond donors (Lipinski definition) is 1. The van der Waals surface area contributed by atoms with Crippen LogP contribution in [0.5, 0.6) is 0 Å². The third-order valence-corrected chi connectivity index (χ3v) is 3.04. The molecule has 1 saturated heterocycles. The van der Waals surface area contributed by atoms with Crippen LogP contribution in [-0.2, 0) is 18.3 Å². The minimum Gasteiger partial charge on any atom is -0.351 e. The van der Waals surface area contributed by atoms with Gasteiger partial charge in [-0.15, -0.1) is 0 Å². The molecule has 0 bridgehead atoms. The molecule has 1 aliphatic rings. The highest BCUT2D eigenvalue weighted by Crippen LogP contribution is 2.24. The average molecular weight is 207 g/mol. The predicted octanol–water partition coefficient (Wildman–Crippen LogP) is 0.940. The molecule has 0 aliphatic carbocycles. The summed E-state index contributed by atoms with van der Waals surface area (Å²) in [6.07, 6.45) is 4.47. The van der Waals surface area contributed by atoms with Crippen molar-refractivity contribution in [2.75, 3.05) is 0 Å². The molecule has 82 valence electrons. The van der Waals surface area contributed by atoms with E-state index in [9.17, 15) is 4.79 Å². The first-order valence-electron chi connectivity index (χ1n) is 5.29. The van der Waals surface area contributed by atoms with Crippen LogP contribution in [-0.4, -0.2) is 21.2 Å². The molecule has 1 aromatic rings. The number of amides is 1. The van der Waals surface area contributed by atoms with Gasteiger partial charge in [0.05, 0.1) is 5.69 Å². The molecule has 1 atom stereocenters. The average Bonchev–Trinajstić information content (AvgIpc) is 2.58. The normalized spacial score (nSPS) is 25.7. The quantitative estimate of drug-likeness (QED) is 0.784. The van der Waals surface area contributed by atoms with E-state index in [4.69, 9.17) is 0 Å². The molecule has 0 spiro atoms. The molecule has 0 radical (unpaired) electrons. The molecule has 2 heterocycles. The number of hydrogen-bond acceptors (Lipinski definition) is 2. The highest BCUT2D eigenvalue weighted by atomic mass is 16.2. The summed E-state index contributed by atoms with van der Waals surface area (Å²) in [4.78, 5) is 11.2. The molecule has 1 aliphatic heterocycles. The van der Waals surface area contributed by atoms with Crippen molar-refractivity contribution in [3.8, 4) is 0 Å². The second kappa shape index (κ2) is 3.36. The first-order chi connectivity index (χ1) is 6.98. The number of aromatic nitrogens is 2. The molecular weight excluding hydrogens is 190 g/mol. The summed E-state index contributed by atoms with van der Waals surface area (Å²) in [5.74, 6) is 0.166. The minimum absolute atomic E-state index is 0.0785. The van der Waals surface area contributed by atoms with Gasteiger partial charge < -0.3 is 5.32 Å². The second-order valence-corrected chi connectivity index (χ2v) is 4.70. The molecule has 1 N–H and O–H groups in total. The number of carbonyl (C=O) groups excluding carboxylic acids is 1. The van der Waals surface area contributed by atoms with Gasteiger partial charge in [-0.05, 0) is 32.3 Å². The largest absolute Gasteiger partial charge is 0.351 e. The fourth-order valence-corrected chi connectivity index (χ4v) is 2.23. The standard InChI is InChI=1S/C11H17N3O/c1-8-9(7-14(3)13-8)6-11(2)5-4-10(15)12-11/h7H,4-6H2,1-3H3,(H,12,15). The Labute approximate surface area is 89.7 Å². The van der Waals surface area contributed by atoms with Crippen molar-refractivity contribution in [2.24, 2.45) is 7.05 Å². The van der Waals surface area contributed by atoms with Crippen molar-refractivity contribution in [2.45, 2.75) is 38.6 Å². The van der Waals surface area contributed by atoms with Crippen LogP contribution in [0, 0.1) is 6.92 Å². The lowest BCUT2D eigenvalue weighted by Gasteiger charge is -2.23. The predicted molar refractivity (Wildman–Crippen MR) is 57.4 cm³/mol. The van der Waals surface area contributed by atoms with Crippen LogP contribution in [0.3, 0.4) is 0 Å². The lowest BCUT2D eigenvalue weighted by atomic mass is 9.92. The Balaban J connectivity index is 2.15. The van der Waals surface area contributed by atoms with E-state index in [2.05, 4.69) is 17.3 Å². The van der Waals surface area contributed by atoms with Crippen LogP contribution < -0.4 is 5.32 Å². The summed E-state index contributed by atoms with van der Waals surface area (Å²) in [6, 6.07) is 0. The Morgan fingerprint density at radius 1 is 1.67 bits per heavy atom. The van der Waals surface area contributed by atoms with Crippen LogP contribution in [0.15, 0.2) is 6.20 Å². The SMILES string of the molecule is Cc1nn(C)cc1CC1(C)CCC(=O)N1. The Morgan fingerprint density at radius 3 is 2.87 bits per heavy atom. The zero-order valence-electron chi connectivity index (χ0n) is 9.50. The van der Waals surface area contributed by atoms with Crippen molar-refractivity contribution in [1.29, 1.82) is 0 Å². The number of aryl methyl sites for hydroxylation is 2. The van der Waals surface area contributed by atoms with Crippen LogP contribution in [0.25, 0.3) is 0 Å². The monoisotopic (exact) mass is 207 g/mol. The van der Waals surface area contributed by atoms with Gasteiger partial charge >= 0.3 is 0 Å². The lowest BCUT2D eigenvalue weighted by Crippen LogP contribution is -2.40. The van der Waals surface area contributed by atoms with E-state index < -0.39 is 0 Å². The molecule has 2 rings (SSSR count). The Hall–Kier alpha value is -1.32. The molecule has 0 aromatic carbocycles. The highest BCUT2D eigenvalue weighted by Gasteiger charge is 2.33. The van der Waals surface area contributed by atoms with Crippen molar-refractivity contribution in [3.63, 3.8) is 0 Å². The fourth-order valence-electron chi connectivity index (χ4n) is 2.23. The lowest BCUT2D eigenvalue weighted by molar-refractivity contribution is -0.119. The molecule has 1 fully saturated rings. The van der Waals surface area contributed by atoms with Crippen molar-refractivity contribution >= 4 is 5.91 Å². The Morgan fingerprint density at radius 2 is 2.40 bits per heavy atom. The van der Waals surface area contributed by atoms with Gasteiger partial charge in [-0.1, -0.05) is 0 Å². The van der Waals surface area contributed by atoms with Crippen molar-refractivity contribution in [1.82, 2.24) is 15.1 Å². The fraction of sp³-hybridized carbons (Fsp3) is 0.636. The van der Waals surface area contributed by atoms with Crippen LogP contribution in [0.1, 0.15) is 31.0 Å². The summed E-state index contributed by atoms with van der Waals surface area (Å²) in [5.41, 5.74) is 2.20. The van der Waals surface area contributed by atoms with Gasteiger partial charge in [0.15, 0.2) is 0 Å². The van der Waals surface area contributed by atoms with E-state index in [1.54, 1.807) is 0 Å². The summed E-state index contributed by atoms with van der Waals surface area (Å²) >= 11 is 0. The third kappa shape index (κ3) is 2.03. The maximum absolute atomic E-state index is 11.2. The van der Waals surface area contributed by atoms with Gasteiger partial charge in [-0.25, -0.2) is 0 Å². The van der Waals surface area contributed by atoms with Gasteiger partial charge in [0.25, 0.3) is 0 Å². The zero-order chi connectivity index (χ0) is 11.1. The molecule has 4 heteroatoms. The molecule has 15 heavy (non-hydrogen) atoms. The Bertz CT molecular complexity index is 397. The molecular formula is C11H17N3O. The molecule has 4 nitrogen and oxygen atoms in total. The summed E-state index contributed by atoms with van der Waals surface area (Å²) in [7, 11) is 1.92. The van der Waals surface area contributed by atoms with Crippen molar-refractivity contribution in [3.05, 3.63) is 17.5 Å². The van der Waals surface area contributed by atoms with E-state index >= 15 is 0 Å². The van der Waals surface area contributed by atoms with E-state index in [0.717, 1.165) is 18.5 Å². The van der Waals surface area contributed by atoms with Crippen LogP contribution in [0.2, 0.25) is 0 Å². The van der Waals surface area contributed by atoms with E-state index in [0.29, 0.717) is 6.42 Å². The molecule has 1 unspecified atom stereocenters. The van der Waals surface area contributed by atoms with Crippen LogP contribution in [0.4, 0.5) is 0 Å². The number of nitrogens with one attached hydrogen (secondary N) is 1. The van der Waals surface area contributed by atoms with Gasteiger partial charge in [0.1, 0.15) is 0 Å². The van der Waals surface area contributed by atoms with E-state index in [1.807, 2.05) is 24.9 Å². The van der Waals surface area contributed by atoms with E-state index in [1.165, 1.54) is 5.56 Å². The maximum Gasteiger partial charge on any atom is 0.220 e. The smallest absolute Gasteiger partial charge is 0.220 e. The van der Waals surface area contributed by atoms with E-state index in [-0.39, 0.29) is 11.4 Å². The number of nitrogens with zero attached hydrogens (tertiary/aromatic N) is 2. The summed E-state index contributed by atoms with van der Waals surface area (Å²) in [6.45, 7) is 4.11. The summed E-state index contributed by atoms with van der Waals surface area (Å²) < 4.78 is 1.82. The number of carbonyl (C=O) groups is 1. The summed E-state index contributed by atoms with van der Waals surface area (Å²) in [5, 5.41) is 7.35. The topological polar surface area (TPSA) is 46.9 Å². The van der Waals surface area contributed by atoms with Crippen molar-refractivity contribution < 1.29 is 4.79 Å². The third-order valence-electron chi connectivity index (χ3n) is 3.04. The second-order valence-electron chi connectivity index (χ2n) is 4.70. The van der Waals surface area contributed by atoms with Crippen LogP contribution >= 0.6 is 0 Å².